The van der Waals surface area contributed by atoms with Crippen LogP contribution in [0.4, 0.5) is 5.69 Å². The molecule has 1 aliphatic heterocycles. The zero-order valence-corrected chi connectivity index (χ0v) is 20.8. The number of hydrogen-bond acceptors (Lipinski definition) is 8. The lowest BCUT2D eigenvalue weighted by Gasteiger charge is -2.16. The summed E-state index contributed by atoms with van der Waals surface area (Å²) in [4.78, 5) is 1.30. The van der Waals surface area contributed by atoms with Gasteiger partial charge in [0, 0.05) is 11.1 Å². The minimum Gasteiger partial charge on any atom is -0.438 e. The monoisotopic (exact) mass is 547 g/mol. The van der Waals surface area contributed by atoms with Crippen LogP contribution in [0.5, 0.6) is 5.75 Å². The van der Waals surface area contributed by atoms with Crippen molar-refractivity contribution in [1.82, 2.24) is 0 Å². The largest absolute Gasteiger partial charge is 0.438 e. The lowest BCUT2D eigenvalue weighted by atomic mass is 10.2. The van der Waals surface area contributed by atoms with Gasteiger partial charge in [0.1, 0.15) is 16.6 Å². The Morgan fingerprint density at radius 2 is 1.88 bits per heavy atom. The Labute approximate surface area is 204 Å². The van der Waals surface area contributed by atoms with Crippen LogP contribution in [0.3, 0.4) is 0 Å². The molecule has 0 fully saturated rings. The maximum absolute atomic E-state index is 11.7. The number of fused-ring (bicyclic) bond motifs is 2. The normalized spacial score (nSPS) is 16.1. The Morgan fingerprint density at radius 3 is 2.56 bits per heavy atom. The Morgan fingerprint density at radius 1 is 1.15 bits per heavy atom. The molecular formula is C20H20ClN2O8S3+. The summed E-state index contributed by atoms with van der Waals surface area (Å²) in [5, 5.41) is 11.2. The number of aromatic nitrogens is 1. The van der Waals surface area contributed by atoms with Crippen molar-refractivity contribution in [3.63, 3.8) is 0 Å². The van der Waals surface area contributed by atoms with Crippen molar-refractivity contribution < 1.29 is 40.4 Å². The van der Waals surface area contributed by atoms with Crippen molar-refractivity contribution in [1.29, 1.82) is 0 Å². The fraction of sp³-hybridized carbons (Fsp3) is 0.250. The number of nitrogens with zero attached hydrogens (tertiary/aromatic N) is 2. The fourth-order valence-corrected chi connectivity index (χ4v) is 6.03. The number of aliphatic hydroxyl groups is 1. The van der Waals surface area contributed by atoms with Crippen LogP contribution in [-0.2, 0) is 26.8 Å². The SMILES string of the molecule is Cc1ccc2c(c1)N(CS(=O)(=O)O)/C(=C/c1sc3ccc(Cl)cc3[n+]1CC(O)CS(=O)(=O)O)O2. The fourth-order valence-electron chi connectivity index (χ4n) is 3.60. The van der Waals surface area contributed by atoms with Crippen molar-refractivity contribution in [2.45, 2.75) is 19.6 Å². The molecule has 14 heteroatoms. The Bertz CT molecular complexity index is 1520. The third-order valence-corrected chi connectivity index (χ3v) is 7.65. The van der Waals surface area contributed by atoms with Crippen molar-refractivity contribution in [2.24, 2.45) is 0 Å². The van der Waals surface area contributed by atoms with E-state index in [-0.39, 0.29) is 12.4 Å². The second-order valence-corrected chi connectivity index (χ2v) is 12.2. The van der Waals surface area contributed by atoms with Gasteiger partial charge in [-0.05, 0) is 36.8 Å². The average Bonchev–Trinajstić information content (AvgIpc) is 3.17. The van der Waals surface area contributed by atoms with Gasteiger partial charge in [0.15, 0.2) is 18.2 Å². The molecule has 182 valence electrons. The molecule has 1 aliphatic rings. The Hall–Kier alpha value is -2.26. The third kappa shape index (κ3) is 5.68. The molecule has 4 rings (SSSR count). The van der Waals surface area contributed by atoms with E-state index in [2.05, 4.69) is 0 Å². The van der Waals surface area contributed by atoms with Gasteiger partial charge < -0.3 is 9.84 Å². The van der Waals surface area contributed by atoms with E-state index in [1.165, 1.54) is 22.3 Å². The van der Waals surface area contributed by atoms with Gasteiger partial charge in [0.25, 0.3) is 25.2 Å². The topological polar surface area (TPSA) is 145 Å². The highest BCUT2D eigenvalue weighted by molar-refractivity contribution is 7.86. The van der Waals surface area contributed by atoms with E-state index in [9.17, 15) is 26.5 Å². The van der Waals surface area contributed by atoms with Crippen LogP contribution in [0, 0.1) is 6.92 Å². The average molecular weight is 548 g/mol. The summed E-state index contributed by atoms with van der Waals surface area (Å²) in [7, 11) is -8.84. The van der Waals surface area contributed by atoms with E-state index in [0.29, 0.717) is 27.0 Å². The summed E-state index contributed by atoms with van der Waals surface area (Å²) in [5.74, 6) is -1.13. The third-order valence-electron chi connectivity index (χ3n) is 4.91. The number of thiazole rings is 1. The molecule has 0 amide bonds. The minimum atomic E-state index is -4.42. The van der Waals surface area contributed by atoms with E-state index >= 15 is 0 Å². The predicted octanol–water partition coefficient (Wildman–Crippen LogP) is 2.44. The molecule has 0 spiro atoms. The van der Waals surface area contributed by atoms with Gasteiger partial charge >= 0.3 is 0 Å². The molecule has 0 radical (unpaired) electrons. The molecule has 10 nitrogen and oxygen atoms in total. The first kappa shape index (κ1) is 24.9. The molecular weight excluding hydrogens is 528 g/mol. The quantitative estimate of drug-likeness (QED) is 0.300. The number of rotatable bonds is 7. The molecule has 2 heterocycles. The second-order valence-electron chi connectivity index (χ2n) is 7.76. The van der Waals surface area contributed by atoms with Gasteiger partial charge in [-0.3, -0.25) is 14.0 Å². The van der Waals surface area contributed by atoms with E-state index in [1.807, 2.05) is 6.92 Å². The second kappa shape index (κ2) is 9.07. The van der Waals surface area contributed by atoms with Crippen molar-refractivity contribution >= 4 is 65.2 Å². The molecule has 3 N–H and O–H groups in total. The number of benzene rings is 2. The number of aryl methyl sites for hydroxylation is 1. The van der Waals surface area contributed by atoms with Crippen LogP contribution in [0.15, 0.2) is 42.3 Å². The highest BCUT2D eigenvalue weighted by atomic mass is 35.5. The highest BCUT2D eigenvalue weighted by Crippen LogP contribution is 2.40. The van der Waals surface area contributed by atoms with Crippen molar-refractivity contribution in [3.8, 4) is 5.75 Å². The maximum Gasteiger partial charge on any atom is 0.283 e. The number of anilines is 1. The van der Waals surface area contributed by atoms with E-state index in [0.717, 1.165) is 10.3 Å². The highest BCUT2D eigenvalue weighted by Gasteiger charge is 2.32. The summed E-state index contributed by atoms with van der Waals surface area (Å²) < 4.78 is 72.7. The summed E-state index contributed by atoms with van der Waals surface area (Å²) in [6, 6.07) is 10.2. The molecule has 0 saturated heterocycles. The van der Waals surface area contributed by atoms with E-state index in [1.54, 1.807) is 41.0 Å². The summed E-state index contributed by atoms with van der Waals surface area (Å²) in [6.45, 7) is 1.62. The van der Waals surface area contributed by atoms with Gasteiger partial charge in [0.05, 0.1) is 11.8 Å². The summed E-state index contributed by atoms with van der Waals surface area (Å²) in [5.41, 5.74) is 1.89. The Balaban J connectivity index is 1.83. The minimum absolute atomic E-state index is 0.105. The van der Waals surface area contributed by atoms with Crippen LogP contribution in [-0.4, -0.2) is 48.8 Å². The zero-order chi connectivity index (χ0) is 24.8. The van der Waals surface area contributed by atoms with Gasteiger partial charge in [-0.15, -0.1) is 0 Å². The molecule has 34 heavy (non-hydrogen) atoms. The first-order valence-corrected chi connectivity index (χ1v) is 14.2. The van der Waals surface area contributed by atoms with E-state index in [4.69, 9.17) is 20.9 Å². The Kier molecular flexibility index (Phi) is 6.63. The first-order valence-electron chi connectivity index (χ1n) is 9.77. The maximum atomic E-state index is 11.7. The van der Waals surface area contributed by atoms with Gasteiger partial charge in [0.2, 0.25) is 11.4 Å². The van der Waals surface area contributed by atoms with Gasteiger partial charge in [-0.2, -0.15) is 21.4 Å². The number of ether oxygens (including phenoxy) is 1. The molecule has 0 bridgehead atoms. The molecule has 0 aliphatic carbocycles. The van der Waals surface area contributed by atoms with Crippen LogP contribution in [0.1, 0.15) is 10.6 Å². The van der Waals surface area contributed by atoms with Gasteiger partial charge in [-0.25, -0.2) is 0 Å². The summed E-state index contributed by atoms with van der Waals surface area (Å²) >= 11 is 7.40. The van der Waals surface area contributed by atoms with Crippen LogP contribution < -0.4 is 14.2 Å². The molecule has 0 saturated carbocycles. The van der Waals surface area contributed by atoms with Gasteiger partial charge in [-0.1, -0.05) is 29.0 Å². The van der Waals surface area contributed by atoms with Crippen molar-refractivity contribution in [3.05, 3.63) is 57.9 Å². The predicted molar refractivity (Wildman–Crippen MR) is 128 cm³/mol. The molecule has 1 aromatic heterocycles. The van der Waals surface area contributed by atoms with Crippen LogP contribution in [0.2, 0.25) is 5.02 Å². The smallest absolute Gasteiger partial charge is 0.283 e. The first-order chi connectivity index (χ1) is 15.8. The van der Waals surface area contributed by atoms with Crippen molar-refractivity contribution in [2.75, 3.05) is 16.5 Å². The molecule has 3 aromatic rings. The zero-order valence-electron chi connectivity index (χ0n) is 17.6. The lowest BCUT2D eigenvalue weighted by molar-refractivity contribution is -0.675. The summed E-state index contributed by atoms with van der Waals surface area (Å²) in [6.07, 6.45) is 0.0893. The molecule has 2 aromatic carbocycles. The van der Waals surface area contributed by atoms with Crippen LogP contribution in [0.25, 0.3) is 16.3 Å². The number of hydrogen-bond donors (Lipinski definition) is 3. The van der Waals surface area contributed by atoms with E-state index < -0.39 is 38.0 Å². The van der Waals surface area contributed by atoms with Crippen LogP contribution >= 0.6 is 22.9 Å². The molecule has 1 atom stereocenters. The standard InChI is InChI=1S/C20H19ClN2O8S3/c1-12-2-4-17-15(6-12)23(11-34(28,29)30)19(31-17)8-20-22(9-14(24)10-33(25,26)27)16-7-13(21)3-5-18(16)32-20/h2-8,14,24H,9-11H2,1H3,(H-,25,26,27,28,29,30)/p+1. The molecule has 1 unspecified atom stereocenters. The number of halogens is 1. The number of aliphatic hydroxyl groups excluding tert-OH is 1. The lowest BCUT2D eigenvalue weighted by Crippen LogP contribution is -2.43.